The Hall–Kier alpha value is -1.30. The van der Waals surface area contributed by atoms with Gasteiger partial charge in [0.15, 0.2) is 0 Å². The second-order valence-electron chi connectivity index (χ2n) is 5.04. The first kappa shape index (κ1) is 15.1. The van der Waals surface area contributed by atoms with Crippen LogP contribution in [0.15, 0.2) is 18.2 Å². The van der Waals surface area contributed by atoms with E-state index in [4.69, 9.17) is 20.1 Å². The predicted octanol–water partition coefficient (Wildman–Crippen LogP) is 2.17. The van der Waals surface area contributed by atoms with E-state index in [1.807, 2.05) is 18.2 Å². The summed E-state index contributed by atoms with van der Waals surface area (Å²) in [6.45, 7) is 0.883. The third-order valence-corrected chi connectivity index (χ3v) is 3.81. The van der Waals surface area contributed by atoms with Crippen molar-refractivity contribution in [3.8, 4) is 11.5 Å². The van der Waals surface area contributed by atoms with E-state index in [2.05, 4.69) is 5.43 Å². The lowest BCUT2D eigenvalue weighted by Crippen LogP contribution is -2.29. The average molecular weight is 280 g/mol. The fourth-order valence-corrected chi connectivity index (χ4v) is 2.66. The molecule has 0 aliphatic carbocycles. The van der Waals surface area contributed by atoms with Crippen LogP contribution in [-0.2, 0) is 4.74 Å². The first-order valence-electron chi connectivity index (χ1n) is 7.08. The normalized spacial score (nSPS) is 19.9. The van der Waals surface area contributed by atoms with Gasteiger partial charge in [0, 0.05) is 18.2 Å². The molecule has 0 amide bonds. The van der Waals surface area contributed by atoms with Gasteiger partial charge in [-0.05, 0) is 43.9 Å². The van der Waals surface area contributed by atoms with Gasteiger partial charge < -0.3 is 14.2 Å². The standard InChI is InChI=1S/C15H24N2O3/c1-18-12-6-8-15(19-2)13(10-12)14(17-16)7-5-11-4-3-9-20-11/h6,8,10-11,14,17H,3-5,7,9,16H2,1-2H3. The Balaban J connectivity index is 2.08. The second-order valence-corrected chi connectivity index (χ2v) is 5.04. The van der Waals surface area contributed by atoms with Crippen molar-refractivity contribution in [1.29, 1.82) is 0 Å². The van der Waals surface area contributed by atoms with Gasteiger partial charge in [0.25, 0.3) is 0 Å². The summed E-state index contributed by atoms with van der Waals surface area (Å²) in [5, 5.41) is 0. The van der Waals surface area contributed by atoms with Crippen molar-refractivity contribution >= 4 is 0 Å². The van der Waals surface area contributed by atoms with E-state index in [1.54, 1.807) is 14.2 Å². The Morgan fingerprint density at radius 1 is 1.40 bits per heavy atom. The molecule has 2 atom stereocenters. The van der Waals surface area contributed by atoms with Gasteiger partial charge in [-0.15, -0.1) is 0 Å². The highest BCUT2D eigenvalue weighted by molar-refractivity contribution is 5.42. The summed E-state index contributed by atoms with van der Waals surface area (Å²) in [6, 6.07) is 5.80. The number of nitrogens with one attached hydrogen (secondary N) is 1. The van der Waals surface area contributed by atoms with Crippen molar-refractivity contribution in [3.05, 3.63) is 23.8 Å². The predicted molar refractivity (Wildman–Crippen MR) is 77.8 cm³/mol. The summed E-state index contributed by atoms with van der Waals surface area (Å²) < 4.78 is 16.4. The number of methoxy groups -OCH3 is 2. The molecule has 0 radical (unpaired) electrons. The monoisotopic (exact) mass is 280 g/mol. The maximum Gasteiger partial charge on any atom is 0.123 e. The summed E-state index contributed by atoms with van der Waals surface area (Å²) in [4.78, 5) is 0. The van der Waals surface area contributed by atoms with Gasteiger partial charge >= 0.3 is 0 Å². The molecule has 1 aromatic carbocycles. The maximum atomic E-state index is 5.72. The van der Waals surface area contributed by atoms with Crippen LogP contribution >= 0.6 is 0 Å². The van der Waals surface area contributed by atoms with E-state index >= 15 is 0 Å². The molecule has 1 fully saturated rings. The molecular formula is C15H24N2O3. The van der Waals surface area contributed by atoms with Crippen LogP contribution in [0.3, 0.4) is 0 Å². The molecular weight excluding hydrogens is 256 g/mol. The Labute approximate surface area is 120 Å². The summed E-state index contributed by atoms with van der Waals surface area (Å²) in [5.74, 6) is 7.34. The second kappa shape index (κ2) is 7.47. The first-order chi connectivity index (χ1) is 9.78. The van der Waals surface area contributed by atoms with E-state index in [1.165, 1.54) is 0 Å². The van der Waals surface area contributed by atoms with Crippen LogP contribution in [0.5, 0.6) is 11.5 Å². The molecule has 1 aliphatic heterocycles. The van der Waals surface area contributed by atoms with Crippen molar-refractivity contribution in [3.63, 3.8) is 0 Å². The highest BCUT2D eigenvalue weighted by atomic mass is 16.5. The summed E-state index contributed by atoms with van der Waals surface area (Å²) in [5.41, 5.74) is 3.90. The van der Waals surface area contributed by atoms with E-state index in [0.29, 0.717) is 6.10 Å². The van der Waals surface area contributed by atoms with Crippen molar-refractivity contribution in [2.24, 2.45) is 5.84 Å². The molecule has 1 aliphatic rings. The highest BCUT2D eigenvalue weighted by Gasteiger charge is 2.20. The van der Waals surface area contributed by atoms with Gasteiger partial charge in [-0.2, -0.15) is 0 Å². The van der Waals surface area contributed by atoms with Crippen molar-refractivity contribution < 1.29 is 14.2 Å². The van der Waals surface area contributed by atoms with Crippen LogP contribution in [0.4, 0.5) is 0 Å². The Morgan fingerprint density at radius 2 is 2.25 bits per heavy atom. The molecule has 1 saturated heterocycles. The van der Waals surface area contributed by atoms with Gasteiger partial charge in [-0.1, -0.05) is 0 Å². The van der Waals surface area contributed by atoms with Crippen LogP contribution in [0.1, 0.15) is 37.3 Å². The number of hydrazine groups is 1. The molecule has 112 valence electrons. The molecule has 20 heavy (non-hydrogen) atoms. The molecule has 0 aromatic heterocycles. The molecule has 0 saturated carbocycles. The van der Waals surface area contributed by atoms with Gasteiger partial charge in [0.05, 0.1) is 20.3 Å². The lowest BCUT2D eigenvalue weighted by atomic mass is 9.98. The maximum absolute atomic E-state index is 5.72. The quantitative estimate of drug-likeness (QED) is 0.592. The third-order valence-electron chi connectivity index (χ3n) is 3.81. The van der Waals surface area contributed by atoms with E-state index in [-0.39, 0.29) is 6.04 Å². The zero-order chi connectivity index (χ0) is 14.4. The highest BCUT2D eigenvalue weighted by Crippen LogP contribution is 2.32. The van der Waals surface area contributed by atoms with Crippen LogP contribution in [-0.4, -0.2) is 26.9 Å². The molecule has 0 spiro atoms. The van der Waals surface area contributed by atoms with Crippen molar-refractivity contribution in [1.82, 2.24) is 5.43 Å². The number of benzene rings is 1. The molecule has 2 unspecified atom stereocenters. The number of nitrogens with two attached hydrogens (primary N) is 1. The summed E-state index contributed by atoms with van der Waals surface area (Å²) in [7, 11) is 3.32. The van der Waals surface area contributed by atoms with Crippen LogP contribution < -0.4 is 20.7 Å². The molecule has 5 nitrogen and oxygen atoms in total. The lowest BCUT2D eigenvalue weighted by Gasteiger charge is -2.21. The van der Waals surface area contributed by atoms with E-state index < -0.39 is 0 Å². The molecule has 0 bridgehead atoms. The Bertz CT molecular complexity index is 420. The number of rotatable bonds is 7. The molecule has 1 aromatic rings. The number of hydrogen-bond acceptors (Lipinski definition) is 5. The zero-order valence-corrected chi connectivity index (χ0v) is 12.2. The van der Waals surface area contributed by atoms with Gasteiger partial charge in [0.1, 0.15) is 11.5 Å². The molecule has 1 heterocycles. The molecule has 5 heteroatoms. The third kappa shape index (κ3) is 3.62. The largest absolute Gasteiger partial charge is 0.497 e. The Morgan fingerprint density at radius 3 is 2.85 bits per heavy atom. The minimum Gasteiger partial charge on any atom is -0.497 e. The minimum absolute atomic E-state index is 0.0317. The lowest BCUT2D eigenvalue weighted by molar-refractivity contribution is 0.0995. The van der Waals surface area contributed by atoms with E-state index in [0.717, 1.165) is 49.4 Å². The SMILES string of the molecule is COc1ccc(OC)c(C(CCC2CCCO2)NN)c1. The summed E-state index contributed by atoms with van der Waals surface area (Å²) >= 11 is 0. The van der Waals surface area contributed by atoms with Crippen LogP contribution in [0.25, 0.3) is 0 Å². The average Bonchev–Trinajstić information content (AvgIpc) is 3.01. The topological polar surface area (TPSA) is 65.7 Å². The minimum atomic E-state index is 0.0317. The van der Waals surface area contributed by atoms with Crippen molar-refractivity contribution in [2.75, 3.05) is 20.8 Å². The first-order valence-corrected chi connectivity index (χ1v) is 7.08. The van der Waals surface area contributed by atoms with Gasteiger partial charge in [-0.3, -0.25) is 11.3 Å². The van der Waals surface area contributed by atoms with Crippen LogP contribution in [0.2, 0.25) is 0 Å². The van der Waals surface area contributed by atoms with Gasteiger partial charge in [-0.25, -0.2) is 0 Å². The summed E-state index contributed by atoms with van der Waals surface area (Å²) in [6.07, 6.45) is 4.57. The smallest absolute Gasteiger partial charge is 0.123 e. The molecule has 2 rings (SSSR count). The van der Waals surface area contributed by atoms with E-state index in [9.17, 15) is 0 Å². The van der Waals surface area contributed by atoms with Crippen LogP contribution in [0, 0.1) is 0 Å². The number of ether oxygens (including phenoxy) is 3. The fraction of sp³-hybridized carbons (Fsp3) is 0.600. The molecule has 3 N–H and O–H groups in total. The fourth-order valence-electron chi connectivity index (χ4n) is 2.66. The van der Waals surface area contributed by atoms with Gasteiger partial charge in [0.2, 0.25) is 0 Å². The zero-order valence-electron chi connectivity index (χ0n) is 12.2. The number of hydrogen-bond donors (Lipinski definition) is 2. The Kier molecular flexibility index (Phi) is 5.64. The van der Waals surface area contributed by atoms with Crippen molar-refractivity contribution in [2.45, 2.75) is 37.8 Å².